The first kappa shape index (κ1) is 23.8. The van der Waals surface area contributed by atoms with Crippen LogP contribution in [-0.4, -0.2) is 31.3 Å². The second-order valence-corrected chi connectivity index (χ2v) is 9.79. The van der Waals surface area contributed by atoms with Gasteiger partial charge in [0.25, 0.3) is 5.56 Å². The molecule has 5 aromatic rings. The Morgan fingerprint density at radius 1 is 1.00 bits per heavy atom. The Kier molecular flexibility index (Phi) is 6.61. The quantitative estimate of drug-likeness (QED) is 0.270. The van der Waals surface area contributed by atoms with Gasteiger partial charge in [0.15, 0.2) is 11.0 Å². The molecule has 0 N–H and O–H groups in total. The van der Waals surface area contributed by atoms with Crippen LogP contribution in [0.4, 0.5) is 0 Å². The van der Waals surface area contributed by atoms with Crippen LogP contribution < -0.4 is 10.3 Å². The summed E-state index contributed by atoms with van der Waals surface area (Å²) < 4.78 is 9.00. The van der Waals surface area contributed by atoms with E-state index in [9.17, 15) is 4.79 Å². The van der Waals surface area contributed by atoms with Crippen molar-refractivity contribution in [1.82, 2.24) is 24.1 Å². The lowest BCUT2D eigenvalue weighted by Crippen LogP contribution is -2.15. The van der Waals surface area contributed by atoms with Gasteiger partial charge in [-0.2, -0.15) is 0 Å². The third-order valence-electron chi connectivity index (χ3n) is 6.07. The van der Waals surface area contributed by atoms with Crippen molar-refractivity contribution in [1.29, 1.82) is 0 Å². The molecule has 2 aromatic carbocycles. The minimum atomic E-state index is -0.0927. The predicted octanol–water partition coefficient (Wildman–Crippen LogP) is 5.67. The molecule has 0 unspecified atom stereocenters. The van der Waals surface area contributed by atoms with E-state index in [1.807, 2.05) is 49.4 Å². The molecule has 0 bridgehead atoms. The number of benzene rings is 2. The van der Waals surface area contributed by atoms with Gasteiger partial charge >= 0.3 is 0 Å². The van der Waals surface area contributed by atoms with Crippen LogP contribution in [0.25, 0.3) is 22.7 Å². The average Bonchev–Trinajstić information content (AvgIpc) is 3.32. The summed E-state index contributed by atoms with van der Waals surface area (Å²) in [6.07, 6.45) is 1.75. The van der Waals surface area contributed by atoms with Gasteiger partial charge in [0.05, 0.1) is 18.5 Å². The van der Waals surface area contributed by atoms with Gasteiger partial charge in [-0.3, -0.25) is 13.8 Å². The number of aromatic nitrogens is 5. The summed E-state index contributed by atoms with van der Waals surface area (Å²) in [5, 5.41) is 9.88. The Balaban J connectivity index is 1.58. The zero-order valence-corrected chi connectivity index (χ0v) is 21.5. The first-order valence-corrected chi connectivity index (χ1v) is 12.7. The van der Waals surface area contributed by atoms with E-state index >= 15 is 0 Å². The van der Waals surface area contributed by atoms with Gasteiger partial charge in [-0.05, 0) is 60.4 Å². The van der Waals surface area contributed by atoms with Crippen LogP contribution in [0.3, 0.4) is 0 Å². The molecule has 5 rings (SSSR count). The maximum absolute atomic E-state index is 12.7. The standard InChI is InChI=1S/C28H27N5O2S/c1-18(2)23-9-5-6-10-24(23)33-27(20-11-13-22(35-4)14-12-20)30-31-28(33)36-17-21-16-25(34)32-15-7-8-19(3)26(32)29-21/h5-16,18H,17H2,1-4H3. The van der Waals surface area contributed by atoms with E-state index in [-0.39, 0.29) is 5.56 Å². The van der Waals surface area contributed by atoms with Crippen molar-refractivity contribution in [2.24, 2.45) is 0 Å². The molecule has 0 radical (unpaired) electrons. The van der Waals surface area contributed by atoms with Crippen molar-refractivity contribution in [2.45, 2.75) is 37.6 Å². The summed E-state index contributed by atoms with van der Waals surface area (Å²) >= 11 is 1.52. The number of hydrogen-bond donors (Lipinski definition) is 0. The molecule has 36 heavy (non-hydrogen) atoms. The van der Waals surface area contributed by atoms with E-state index in [1.54, 1.807) is 23.8 Å². The summed E-state index contributed by atoms with van der Waals surface area (Å²) in [5.74, 6) is 2.34. The molecular weight excluding hydrogens is 470 g/mol. The van der Waals surface area contributed by atoms with Gasteiger partial charge in [0.2, 0.25) is 0 Å². The van der Waals surface area contributed by atoms with Crippen LogP contribution in [0, 0.1) is 6.92 Å². The lowest BCUT2D eigenvalue weighted by Gasteiger charge is -2.17. The largest absolute Gasteiger partial charge is 0.497 e. The van der Waals surface area contributed by atoms with Crippen molar-refractivity contribution in [3.63, 3.8) is 0 Å². The van der Waals surface area contributed by atoms with Crippen LogP contribution >= 0.6 is 11.8 Å². The molecule has 3 heterocycles. The molecule has 0 saturated heterocycles. The topological polar surface area (TPSA) is 74.3 Å². The number of thioether (sulfide) groups is 1. The molecule has 7 nitrogen and oxygen atoms in total. The smallest absolute Gasteiger partial charge is 0.258 e. The highest BCUT2D eigenvalue weighted by molar-refractivity contribution is 7.98. The molecule has 3 aromatic heterocycles. The average molecular weight is 498 g/mol. The number of hydrogen-bond acceptors (Lipinski definition) is 6. The van der Waals surface area contributed by atoms with Crippen molar-refractivity contribution < 1.29 is 4.74 Å². The molecule has 0 amide bonds. The maximum atomic E-state index is 12.7. The molecule has 0 aliphatic carbocycles. The molecule has 0 saturated carbocycles. The lowest BCUT2D eigenvalue weighted by atomic mass is 10.0. The minimum absolute atomic E-state index is 0.0927. The molecular formula is C28H27N5O2S. The van der Waals surface area contributed by atoms with E-state index in [2.05, 4.69) is 46.8 Å². The summed E-state index contributed by atoms with van der Waals surface area (Å²) in [4.78, 5) is 17.4. The summed E-state index contributed by atoms with van der Waals surface area (Å²) in [6.45, 7) is 6.31. The van der Waals surface area contributed by atoms with Gasteiger partial charge in [-0.15, -0.1) is 10.2 Å². The van der Waals surface area contributed by atoms with E-state index in [1.165, 1.54) is 17.3 Å². The summed E-state index contributed by atoms with van der Waals surface area (Å²) in [7, 11) is 1.65. The van der Waals surface area contributed by atoms with Crippen LogP contribution in [0.5, 0.6) is 5.75 Å². The zero-order valence-electron chi connectivity index (χ0n) is 20.7. The van der Waals surface area contributed by atoms with E-state index in [4.69, 9.17) is 9.72 Å². The van der Waals surface area contributed by atoms with E-state index < -0.39 is 0 Å². The fourth-order valence-electron chi connectivity index (χ4n) is 4.21. The molecule has 0 aliphatic rings. The summed E-state index contributed by atoms with van der Waals surface area (Å²) in [5.41, 5.74) is 5.41. The van der Waals surface area contributed by atoms with Crippen molar-refractivity contribution in [3.05, 3.63) is 100 Å². The first-order chi connectivity index (χ1) is 17.5. The Hall–Kier alpha value is -3.91. The first-order valence-electron chi connectivity index (χ1n) is 11.8. The van der Waals surface area contributed by atoms with Gasteiger partial charge in [0.1, 0.15) is 11.4 Å². The predicted molar refractivity (Wildman–Crippen MR) is 143 cm³/mol. The van der Waals surface area contributed by atoms with Gasteiger partial charge in [0, 0.05) is 23.6 Å². The molecule has 0 atom stereocenters. The van der Waals surface area contributed by atoms with Gasteiger partial charge in [-0.25, -0.2) is 4.98 Å². The number of para-hydroxylation sites is 1. The number of pyridine rings is 1. The SMILES string of the molecule is COc1ccc(-c2nnc(SCc3cc(=O)n4cccc(C)c4n3)n2-c2ccccc2C(C)C)cc1. The molecule has 182 valence electrons. The molecule has 8 heteroatoms. The maximum Gasteiger partial charge on any atom is 0.258 e. The highest BCUT2D eigenvalue weighted by Gasteiger charge is 2.20. The second-order valence-electron chi connectivity index (χ2n) is 8.84. The van der Waals surface area contributed by atoms with Crippen LogP contribution in [0.1, 0.15) is 36.6 Å². The van der Waals surface area contributed by atoms with Crippen LogP contribution in [0.15, 0.2) is 82.9 Å². The number of fused-ring (bicyclic) bond motifs is 1. The molecule has 0 fully saturated rings. The van der Waals surface area contributed by atoms with E-state index in [0.717, 1.165) is 33.5 Å². The van der Waals surface area contributed by atoms with Crippen LogP contribution in [0.2, 0.25) is 0 Å². The zero-order chi connectivity index (χ0) is 25.2. The van der Waals surface area contributed by atoms with E-state index in [0.29, 0.717) is 23.0 Å². The highest BCUT2D eigenvalue weighted by Crippen LogP contribution is 2.33. The number of ether oxygens (including phenoxy) is 1. The van der Waals surface area contributed by atoms with Crippen LogP contribution in [-0.2, 0) is 5.75 Å². The van der Waals surface area contributed by atoms with Gasteiger partial charge in [-0.1, -0.05) is 49.9 Å². The normalized spacial score (nSPS) is 11.4. The summed E-state index contributed by atoms with van der Waals surface area (Å²) in [6, 6.07) is 21.5. The van der Waals surface area contributed by atoms with Crippen molar-refractivity contribution in [3.8, 4) is 22.8 Å². The number of nitrogens with zero attached hydrogens (tertiary/aromatic N) is 5. The molecule has 0 aliphatic heterocycles. The number of aryl methyl sites for hydroxylation is 1. The fourth-order valence-corrected chi connectivity index (χ4v) is 5.05. The molecule has 0 spiro atoms. The fraction of sp³-hybridized carbons (Fsp3) is 0.214. The number of methoxy groups -OCH3 is 1. The van der Waals surface area contributed by atoms with Crippen molar-refractivity contribution >= 4 is 17.4 Å². The monoisotopic (exact) mass is 497 g/mol. The third kappa shape index (κ3) is 4.52. The Bertz CT molecular complexity index is 1590. The van der Waals surface area contributed by atoms with Gasteiger partial charge < -0.3 is 4.74 Å². The second kappa shape index (κ2) is 9.99. The lowest BCUT2D eigenvalue weighted by molar-refractivity contribution is 0.415. The highest BCUT2D eigenvalue weighted by atomic mass is 32.2. The number of rotatable bonds is 7. The third-order valence-corrected chi connectivity index (χ3v) is 7.03. The Labute approximate surface area is 213 Å². The minimum Gasteiger partial charge on any atom is -0.497 e. The Morgan fingerprint density at radius 2 is 1.78 bits per heavy atom. The van der Waals surface area contributed by atoms with Crippen molar-refractivity contribution in [2.75, 3.05) is 7.11 Å². The Morgan fingerprint density at radius 3 is 2.53 bits per heavy atom.